The summed E-state index contributed by atoms with van der Waals surface area (Å²) >= 11 is 1.76. The molecule has 5 nitrogen and oxygen atoms in total. The van der Waals surface area contributed by atoms with Crippen LogP contribution in [0.2, 0.25) is 0 Å². The Hall–Kier alpha value is -0.950. The maximum absolute atomic E-state index is 12.8. The van der Waals surface area contributed by atoms with E-state index in [0.717, 1.165) is 58.5 Å². The second-order valence-electron chi connectivity index (χ2n) is 7.33. The molecule has 4 heterocycles. The fourth-order valence-corrected chi connectivity index (χ4v) is 4.90. The van der Waals surface area contributed by atoms with Gasteiger partial charge in [-0.2, -0.15) is 11.3 Å². The van der Waals surface area contributed by atoms with E-state index in [4.69, 9.17) is 4.74 Å². The average Bonchev–Trinajstić information content (AvgIpc) is 3.25. The predicted octanol–water partition coefficient (Wildman–Crippen LogP) is 1.64. The Kier molecular flexibility index (Phi) is 4.90. The van der Waals surface area contributed by atoms with Gasteiger partial charge in [0.1, 0.15) is 6.10 Å². The van der Waals surface area contributed by atoms with Gasteiger partial charge in [0.25, 0.3) is 5.91 Å². The van der Waals surface area contributed by atoms with E-state index >= 15 is 0 Å². The third kappa shape index (κ3) is 3.38. The summed E-state index contributed by atoms with van der Waals surface area (Å²) in [6.45, 7) is 5.73. The van der Waals surface area contributed by atoms with Crippen LogP contribution in [-0.2, 0) is 16.1 Å². The Morgan fingerprint density at radius 2 is 2.04 bits per heavy atom. The molecule has 1 amide bonds. The summed E-state index contributed by atoms with van der Waals surface area (Å²) < 4.78 is 6.26. The first-order valence-corrected chi connectivity index (χ1v) is 10.0. The molecule has 0 saturated carbocycles. The number of nitrogens with zero attached hydrogens (tertiary/aromatic N) is 3. The molecule has 6 heteroatoms. The fourth-order valence-electron chi connectivity index (χ4n) is 4.24. The SMILES string of the molecule is CN1CCN(C(=O)[C@@H]2CC[C@H]3[C@H](CCN3Cc3ccsc3)O2)CC1. The fraction of sp³-hybridized carbons (Fsp3) is 0.722. The molecule has 0 N–H and O–H groups in total. The number of carbonyl (C=O) groups is 1. The first-order chi connectivity index (χ1) is 11.7. The molecule has 3 aliphatic rings. The first-order valence-electron chi connectivity index (χ1n) is 9.08. The number of likely N-dealkylation sites (N-methyl/N-ethyl adjacent to an activating group) is 1. The summed E-state index contributed by atoms with van der Waals surface area (Å²) in [5.74, 6) is 0.220. The van der Waals surface area contributed by atoms with E-state index in [1.165, 1.54) is 5.56 Å². The maximum atomic E-state index is 12.8. The number of thiophene rings is 1. The smallest absolute Gasteiger partial charge is 0.251 e. The number of fused-ring (bicyclic) bond motifs is 1. The number of hydrogen-bond donors (Lipinski definition) is 0. The highest BCUT2D eigenvalue weighted by molar-refractivity contribution is 7.07. The van der Waals surface area contributed by atoms with Gasteiger partial charge in [0.15, 0.2) is 0 Å². The minimum atomic E-state index is -0.212. The van der Waals surface area contributed by atoms with Gasteiger partial charge in [0.05, 0.1) is 6.10 Å². The minimum Gasteiger partial charge on any atom is -0.363 e. The number of amides is 1. The van der Waals surface area contributed by atoms with Gasteiger partial charge in [-0.1, -0.05) is 0 Å². The zero-order chi connectivity index (χ0) is 16.5. The van der Waals surface area contributed by atoms with Gasteiger partial charge in [0.2, 0.25) is 0 Å². The van der Waals surface area contributed by atoms with Crippen molar-refractivity contribution in [3.05, 3.63) is 22.4 Å². The van der Waals surface area contributed by atoms with Crippen LogP contribution in [0, 0.1) is 0 Å². The Labute approximate surface area is 148 Å². The van der Waals surface area contributed by atoms with Gasteiger partial charge in [-0.25, -0.2) is 0 Å². The summed E-state index contributed by atoms with van der Waals surface area (Å²) in [7, 11) is 2.12. The zero-order valence-corrected chi connectivity index (χ0v) is 15.2. The Bertz CT molecular complexity index is 557. The minimum absolute atomic E-state index is 0.212. The van der Waals surface area contributed by atoms with Crippen molar-refractivity contribution in [2.45, 2.75) is 44.1 Å². The number of rotatable bonds is 3. The van der Waals surface area contributed by atoms with E-state index in [1.807, 2.05) is 4.90 Å². The molecule has 1 aromatic heterocycles. The van der Waals surface area contributed by atoms with Crippen molar-refractivity contribution in [3.63, 3.8) is 0 Å². The molecule has 0 radical (unpaired) electrons. The van der Waals surface area contributed by atoms with Crippen LogP contribution in [0.4, 0.5) is 0 Å². The number of hydrogen-bond acceptors (Lipinski definition) is 5. The molecule has 1 aromatic rings. The van der Waals surface area contributed by atoms with Crippen LogP contribution >= 0.6 is 11.3 Å². The van der Waals surface area contributed by atoms with E-state index in [0.29, 0.717) is 6.04 Å². The Morgan fingerprint density at radius 3 is 2.79 bits per heavy atom. The largest absolute Gasteiger partial charge is 0.363 e. The van der Waals surface area contributed by atoms with Crippen LogP contribution in [0.15, 0.2) is 16.8 Å². The van der Waals surface area contributed by atoms with Crippen LogP contribution in [-0.4, -0.2) is 78.6 Å². The second kappa shape index (κ2) is 7.12. The third-order valence-corrected chi connectivity index (χ3v) is 6.45. The number of carbonyl (C=O) groups excluding carboxylic acids is 1. The van der Waals surface area contributed by atoms with Crippen molar-refractivity contribution < 1.29 is 9.53 Å². The van der Waals surface area contributed by atoms with Crippen LogP contribution in [0.3, 0.4) is 0 Å². The molecule has 4 rings (SSSR count). The Balaban J connectivity index is 1.33. The summed E-state index contributed by atoms with van der Waals surface area (Å²) in [5, 5.41) is 4.38. The highest BCUT2D eigenvalue weighted by Gasteiger charge is 2.42. The lowest BCUT2D eigenvalue weighted by molar-refractivity contribution is -0.156. The average molecular weight is 350 g/mol. The van der Waals surface area contributed by atoms with E-state index in [1.54, 1.807) is 11.3 Å². The van der Waals surface area contributed by atoms with Gasteiger partial charge >= 0.3 is 0 Å². The zero-order valence-electron chi connectivity index (χ0n) is 14.4. The molecule has 0 unspecified atom stereocenters. The standard InChI is InChI=1S/C18H27N3O2S/c1-19-7-9-20(10-8-19)18(22)17-3-2-15-16(23-17)4-6-21(15)12-14-5-11-24-13-14/h5,11,13,15-17H,2-4,6-10,12H2,1H3/t15-,16-,17-/m0/s1. The third-order valence-electron chi connectivity index (χ3n) is 5.72. The highest BCUT2D eigenvalue weighted by atomic mass is 32.1. The maximum Gasteiger partial charge on any atom is 0.251 e. The predicted molar refractivity (Wildman–Crippen MR) is 95.1 cm³/mol. The van der Waals surface area contributed by atoms with Crippen LogP contribution < -0.4 is 0 Å². The Morgan fingerprint density at radius 1 is 1.21 bits per heavy atom. The molecule has 3 aliphatic heterocycles. The van der Waals surface area contributed by atoms with Crippen molar-refractivity contribution in [1.29, 1.82) is 0 Å². The molecule has 24 heavy (non-hydrogen) atoms. The van der Waals surface area contributed by atoms with Gasteiger partial charge < -0.3 is 14.5 Å². The monoisotopic (exact) mass is 349 g/mol. The lowest BCUT2D eigenvalue weighted by Gasteiger charge is -2.39. The normalized spacial score (nSPS) is 32.0. The summed E-state index contributed by atoms with van der Waals surface area (Å²) in [5.41, 5.74) is 1.40. The van der Waals surface area contributed by atoms with Gasteiger partial charge in [-0.3, -0.25) is 9.69 Å². The number of piperazine rings is 1. The van der Waals surface area contributed by atoms with E-state index in [9.17, 15) is 4.79 Å². The van der Waals surface area contributed by atoms with Crippen LogP contribution in [0.1, 0.15) is 24.8 Å². The quantitative estimate of drug-likeness (QED) is 0.831. The molecule has 3 fully saturated rings. The first kappa shape index (κ1) is 16.5. The topological polar surface area (TPSA) is 36.0 Å². The van der Waals surface area contributed by atoms with E-state index < -0.39 is 0 Å². The molecular formula is C18H27N3O2S. The lowest BCUT2D eigenvalue weighted by Crippen LogP contribution is -2.53. The van der Waals surface area contributed by atoms with Crippen molar-refractivity contribution in [2.24, 2.45) is 0 Å². The summed E-state index contributed by atoms with van der Waals surface area (Å²) in [4.78, 5) is 19.6. The lowest BCUT2D eigenvalue weighted by atomic mass is 9.98. The summed E-state index contributed by atoms with van der Waals surface area (Å²) in [6.07, 6.45) is 3.03. The van der Waals surface area contributed by atoms with Crippen LogP contribution in [0.5, 0.6) is 0 Å². The van der Waals surface area contributed by atoms with E-state index in [-0.39, 0.29) is 18.1 Å². The van der Waals surface area contributed by atoms with Crippen molar-refractivity contribution in [3.8, 4) is 0 Å². The van der Waals surface area contributed by atoms with E-state index in [2.05, 4.69) is 33.7 Å². The molecule has 3 saturated heterocycles. The second-order valence-corrected chi connectivity index (χ2v) is 8.11. The van der Waals surface area contributed by atoms with Crippen molar-refractivity contribution in [1.82, 2.24) is 14.7 Å². The molecule has 0 bridgehead atoms. The highest BCUT2D eigenvalue weighted by Crippen LogP contribution is 2.33. The van der Waals surface area contributed by atoms with Crippen molar-refractivity contribution in [2.75, 3.05) is 39.8 Å². The van der Waals surface area contributed by atoms with Gasteiger partial charge in [0, 0.05) is 45.3 Å². The summed E-state index contributed by atoms with van der Waals surface area (Å²) in [6, 6.07) is 2.70. The molecular weight excluding hydrogens is 322 g/mol. The number of likely N-dealkylation sites (tertiary alicyclic amines) is 1. The van der Waals surface area contributed by atoms with Crippen LogP contribution in [0.25, 0.3) is 0 Å². The number of ether oxygens (including phenoxy) is 1. The van der Waals surface area contributed by atoms with Gasteiger partial charge in [-0.15, -0.1) is 0 Å². The van der Waals surface area contributed by atoms with Gasteiger partial charge in [-0.05, 0) is 48.7 Å². The molecule has 0 aromatic carbocycles. The molecule has 3 atom stereocenters. The molecule has 0 spiro atoms. The molecule has 0 aliphatic carbocycles. The molecule has 132 valence electrons. The van der Waals surface area contributed by atoms with Crippen molar-refractivity contribution >= 4 is 17.2 Å².